The zero-order valence-corrected chi connectivity index (χ0v) is 10.4. The molecule has 1 aromatic rings. The molecular formula is C13H18FNO2. The SMILES string of the molecule is CCCC(=O)N[C@H](C)c1c(F)cccc1OC. The van der Waals surface area contributed by atoms with Crippen LogP contribution in [0, 0.1) is 5.82 Å². The van der Waals surface area contributed by atoms with Gasteiger partial charge in [-0.15, -0.1) is 0 Å². The highest BCUT2D eigenvalue weighted by atomic mass is 19.1. The van der Waals surface area contributed by atoms with E-state index in [0.29, 0.717) is 17.7 Å². The third-order valence-corrected chi connectivity index (χ3v) is 2.52. The van der Waals surface area contributed by atoms with Crippen molar-refractivity contribution >= 4 is 5.91 Å². The van der Waals surface area contributed by atoms with Gasteiger partial charge in [0.15, 0.2) is 0 Å². The van der Waals surface area contributed by atoms with Crippen molar-refractivity contribution in [1.29, 1.82) is 0 Å². The average Bonchev–Trinajstić information content (AvgIpc) is 2.28. The van der Waals surface area contributed by atoms with Crippen LogP contribution in [0.5, 0.6) is 5.75 Å². The van der Waals surface area contributed by atoms with E-state index in [-0.39, 0.29) is 11.7 Å². The number of rotatable bonds is 5. The van der Waals surface area contributed by atoms with E-state index in [4.69, 9.17) is 4.74 Å². The van der Waals surface area contributed by atoms with Crippen LogP contribution in [0.15, 0.2) is 18.2 Å². The van der Waals surface area contributed by atoms with Crippen LogP contribution in [0.1, 0.15) is 38.3 Å². The van der Waals surface area contributed by atoms with Crippen LogP contribution in [-0.2, 0) is 4.79 Å². The summed E-state index contributed by atoms with van der Waals surface area (Å²) in [7, 11) is 1.48. The molecule has 0 aromatic heterocycles. The zero-order chi connectivity index (χ0) is 12.8. The lowest BCUT2D eigenvalue weighted by molar-refractivity contribution is -0.121. The summed E-state index contributed by atoms with van der Waals surface area (Å²) in [5.74, 6) is 0.00764. The van der Waals surface area contributed by atoms with Gasteiger partial charge in [-0.05, 0) is 25.5 Å². The Labute approximate surface area is 101 Å². The second-order valence-corrected chi connectivity index (χ2v) is 3.89. The molecule has 94 valence electrons. The Kier molecular flexibility index (Phi) is 4.94. The Hall–Kier alpha value is -1.58. The Bertz CT molecular complexity index is 393. The van der Waals surface area contributed by atoms with Crippen molar-refractivity contribution in [3.63, 3.8) is 0 Å². The fourth-order valence-electron chi connectivity index (χ4n) is 1.73. The Morgan fingerprint density at radius 1 is 1.53 bits per heavy atom. The van der Waals surface area contributed by atoms with Crippen molar-refractivity contribution in [3.8, 4) is 5.75 Å². The number of benzene rings is 1. The zero-order valence-electron chi connectivity index (χ0n) is 10.4. The smallest absolute Gasteiger partial charge is 0.220 e. The van der Waals surface area contributed by atoms with Crippen molar-refractivity contribution in [2.24, 2.45) is 0 Å². The molecule has 0 aliphatic carbocycles. The molecule has 0 aliphatic rings. The summed E-state index contributed by atoms with van der Waals surface area (Å²) in [6.07, 6.45) is 1.22. The largest absolute Gasteiger partial charge is 0.496 e. The quantitative estimate of drug-likeness (QED) is 0.858. The molecule has 0 unspecified atom stereocenters. The Morgan fingerprint density at radius 2 is 2.24 bits per heavy atom. The van der Waals surface area contributed by atoms with Crippen LogP contribution in [0.3, 0.4) is 0 Å². The van der Waals surface area contributed by atoms with Crippen LogP contribution in [0.4, 0.5) is 4.39 Å². The predicted octanol–water partition coefficient (Wildman–Crippen LogP) is 2.81. The highest BCUT2D eigenvalue weighted by Gasteiger charge is 2.17. The molecule has 4 heteroatoms. The molecule has 17 heavy (non-hydrogen) atoms. The van der Waals surface area contributed by atoms with Gasteiger partial charge < -0.3 is 10.1 Å². The number of halogens is 1. The lowest BCUT2D eigenvalue weighted by Crippen LogP contribution is -2.27. The highest BCUT2D eigenvalue weighted by molar-refractivity contribution is 5.76. The molecule has 0 saturated carbocycles. The summed E-state index contributed by atoms with van der Waals surface area (Å²) in [4.78, 5) is 11.5. The normalized spacial score (nSPS) is 12.0. The molecule has 0 bridgehead atoms. The van der Waals surface area contributed by atoms with Crippen LogP contribution >= 0.6 is 0 Å². The maximum atomic E-state index is 13.7. The van der Waals surface area contributed by atoms with Crippen molar-refractivity contribution in [2.45, 2.75) is 32.7 Å². The Morgan fingerprint density at radius 3 is 2.82 bits per heavy atom. The second kappa shape index (κ2) is 6.23. The summed E-state index contributed by atoms with van der Waals surface area (Å²) < 4.78 is 18.8. The van der Waals surface area contributed by atoms with Gasteiger partial charge in [-0.3, -0.25) is 4.79 Å². The lowest BCUT2D eigenvalue weighted by Gasteiger charge is -2.17. The van der Waals surface area contributed by atoms with Crippen LogP contribution < -0.4 is 10.1 Å². The molecule has 3 nitrogen and oxygen atoms in total. The highest BCUT2D eigenvalue weighted by Crippen LogP contribution is 2.27. The van der Waals surface area contributed by atoms with E-state index < -0.39 is 6.04 Å². The van der Waals surface area contributed by atoms with Gasteiger partial charge in [-0.1, -0.05) is 13.0 Å². The van der Waals surface area contributed by atoms with Crippen molar-refractivity contribution in [3.05, 3.63) is 29.6 Å². The van der Waals surface area contributed by atoms with Crippen LogP contribution in [0.25, 0.3) is 0 Å². The van der Waals surface area contributed by atoms with Crippen molar-refractivity contribution in [1.82, 2.24) is 5.32 Å². The van der Waals surface area contributed by atoms with Gasteiger partial charge in [-0.2, -0.15) is 0 Å². The number of ether oxygens (including phenoxy) is 1. The first-order chi connectivity index (χ1) is 8.10. The fraction of sp³-hybridized carbons (Fsp3) is 0.462. The van der Waals surface area contributed by atoms with Gasteiger partial charge >= 0.3 is 0 Å². The molecule has 1 amide bonds. The molecular weight excluding hydrogens is 221 g/mol. The minimum atomic E-state index is -0.398. The summed E-state index contributed by atoms with van der Waals surface area (Å²) in [5, 5.41) is 2.75. The Balaban J connectivity index is 2.87. The maximum absolute atomic E-state index is 13.7. The van der Waals surface area contributed by atoms with Gasteiger partial charge in [0.2, 0.25) is 5.91 Å². The molecule has 0 aliphatic heterocycles. The minimum absolute atomic E-state index is 0.0784. The van der Waals surface area contributed by atoms with Gasteiger partial charge in [0, 0.05) is 6.42 Å². The van der Waals surface area contributed by atoms with Gasteiger partial charge in [0.05, 0.1) is 18.7 Å². The molecule has 0 radical (unpaired) electrons. The summed E-state index contributed by atoms with van der Waals surface area (Å²) in [6, 6.07) is 4.23. The van der Waals surface area contributed by atoms with E-state index in [1.165, 1.54) is 13.2 Å². The number of hydrogen-bond acceptors (Lipinski definition) is 2. The first-order valence-electron chi connectivity index (χ1n) is 5.71. The number of amides is 1. The standard InChI is InChI=1S/C13H18FNO2/c1-4-6-12(16)15-9(2)13-10(14)7-5-8-11(13)17-3/h5,7-9H,4,6H2,1-3H3,(H,15,16)/t9-/m1/s1. The third-order valence-electron chi connectivity index (χ3n) is 2.52. The predicted molar refractivity (Wildman–Crippen MR) is 64.4 cm³/mol. The monoisotopic (exact) mass is 239 g/mol. The number of hydrogen-bond donors (Lipinski definition) is 1. The third kappa shape index (κ3) is 3.44. The van der Waals surface area contributed by atoms with Crippen LogP contribution in [0.2, 0.25) is 0 Å². The average molecular weight is 239 g/mol. The molecule has 0 saturated heterocycles. The molecule has 1 rings (SSSR count). The van der Waals surface area contributed by atoms with Gasteiger partial charge in [0.25, 0.3) is 0 Å². The molecule has 0 spiro atoms. The van der Waals surface area contributed by atoms with Crippen LogP contribution in [-0.4, -0.2) is 13.0 Å². The molecule has 1 N–H and O–H groups in total. The van der Waals surface area contributed by atoms with Crippen molar-refractivity contribution < 1.29 is 13.9 Å². The number of methoxy groups -OCH3 is 1. The maximum Gasteiger partial charge on any atom is 0.220 e. The minimum Gasteiger partial charge on any atom is -0.496 e. The second-order valence-electron chi connectivity index (χ2n) is 3.89. The van der Waals surface area contributed by atoms with E-state index in [1.807, 2.05) is 6.92 Å². The first kappa shape index (κ1) is 13.5. The lowest BCUT2D eigenvalue weighted by atomic mass is 10.1. The van der Waals surface area contributed by atoms with Gasteiger partial charge in [0.1, 0.15) is 11.6 Å². The molecule has 1 aromatic carbocycles. The van der Waals surface area contributed by atoms with E-state index in [9.17, 15) is 9.18 Å². The first-order valence-corrected chi connectivity index (χ1v) is 5.71. The summed E-state index contributed by atoms with van der Waals surface area (Å²) in [5.41, 5.74) is 0.388. The topological polar surface area (TPSA) is 38.3 Å². The van der Waals surface area contributed by atoms with Gasteiger partial charge in [-0.25, -0.2) is 4.39 Å². The fourth-order valence-corrected chi connectivity index (χ4v) is 1.73. The number of nitrogens with one attached hydrogen (secondary N) is 1. The van der Waals surface area contributed by atoms with E-state index in [1.54, 1.807) is 19.1 Å². The van der Waals surface area contributed by atoms with E-state index in [0.717, 1.165) is 6.42 Å². The van der Waals surface area contributed by atoms with E-state index in [2.05, 4.69) is 5.32 Å². The molecule has 0 fully saturated rings. The summed E-state index contributed by atoms with van der Waals surface area (Å²) in [6.45, 7) is 3.67. The van der Waals surface area contributed by atoms with Crippen molar-refractivity contribution in [2.75, 3.05) is 7.11 Å². The number of carbonyl (C=O) groups is 1. The molecule has 1 atom stereocenters. The molecule has 0 heterocycles. The number of carbonyl (C=O) groups excluding carboxylic acids is 1. The van der Waals surface area contributed by atoms with E-state index >= 15 is 0 Å². The summed E-state index contributed by atoms with van der Waals surface area (Å²) >= 11 is 0.